The fourth-order valence-corrected chi connectivity index (χ4v) is 5.28. The molecule has 2 atom stereocenters. The van der Waals surface area contributed by atoms with Crippen LogP contribution < -0.4 is 0 Å². The number of rotatable bonds is 5. The molecule has 0 bridgehead atoms. The van der Waals surface area contributed by atoms with E-state index in [1.54, 1.807) is 20.8 Å². The van der Waals surface area contributed by atoms with Gasteiger partial charge in [0.2, 0.25) is 0 Å². The van der Waals surface area contributed by atoms with E-state index in [1.807, 2.05) is 20.0 Å². The highest BCUT2D eigenvalue weighted by Gasteiger charge is 2.49. The Balaban J connectivity index is 2.27. The Hall–Kier alpha value is -1.82. The van der Waals surface area contributed by atoms with E-state index in [1.165, 1.54) is 4.90 Å². The van der Waals surface area contributed by atoms with E-state index in [4.69, 9.17) is 4.74 Å². The number of amides is 2. The number of carbonyl (C=O) groups is 2. The van der Waals surface area contributed by atoms with E-state index < -0.39 is 38.7 Å². The van der Waals surface area contributed by atoms with Crippen molar-refractivity contribution in [3.8, 4) is 6.19 Å². The molecule has 0 aromatic heterocycles. The zero-order valence-corrected chi connectivity index (χ0v) is 17.5. The molecular weight excluding hydrogens is 370 g/mol. The third-order valence-electron chi connectivity index (χ3n) is 4.51. The maximum atomic E-state index is 12.9. The molecule has 2 rings (SSSR count). The normalized spacial score (nSPS) is 23.2. The number of carbonyl (C=O) groups excluding carboxylic acids is 2. The second kappa shape index (κ2) is 7.66. The molecule has 2 fully saturated rings. The van der Waals surface area contributed by atoms with Crippen LogP contribution in [0.2, 0.25) is 0 Å². The Morgan fingerprint density at radius 2 is 1.89 bits per heavy atom. The van der Waals surface area contributed by atoms with Gasteiger partial charge in [0.05, 0.1) is 11.0 Å². The zero-order valence-electron chi connectivity index (χ0n) is 16.6. The molecule has 2 unspecified atom stereocenters. The minimum atomic E-state index is -3.48. The standard InChI is InChI=1S/C18H29N3O5S/c1-12(2)10-27(24,25)14-8-15(16(22)21(11-19)13-6-7-13)20(9-14)17(23)26-18(3,4)5/h12-15H,6-10H2,1-5H3. The molecule has 0 N–H and O–H groups in total. The van der Waals surface area contributed by atoms with E-state index in [0.29, 0.717) is 0 Å². The molecule has 2 amide bonds. The predicted octanol–water partition coefficient (Wildman–Crippen LogP) is 1.91. The lowest BCUT2D eigenvalue weighted by molar-refractivity contribution is -0.133. The molecule has 1 aliphatic heterocycles. The van der Waals surface area contributed by atoms with Crippen molar-refractivity contribution in [1.82, 2.24) is 9.80 Å². The quantitative estimate of drug-likeness (QED) is 0.516. The van der Waals surface area contributed by atoms with Crippen LogP contribution in [0.5, 0.6) is 0 Å². The summed E-state index contributed by atoms with van der Waals surface area (Å²) in [4.78, 5) is 27.8. The van der Waals surface area contributed by atoms with Gasteiger partial charge >= 0.3 is 6.09 Å². The minimum Gasteiger partial charge on any atom is -0.444 e. The van der Waals surface area contributed by atoms with Gasteiger partial charge in [-0.1, -0.05) is 13.8 Å². The van der Waals surface area contributed by atoms with E-state index >= 15 is 0 Å². The lowest BCUT2D eigenvalue weighted by Gasteiger charge is -2.29. The Morgan fingerprint density at radius 1 is 1.30 bits per heavy atom. The predicted molar refractivity (Wildman–Crippen MR) is 99.2 cm³/mol. The molecule has 2 aliphatic rings. The molecule has 1 aliphatic carbocycles. The van der Waals surface area contributed by atoms with Gasteiger partial charge in [-0.25, -0.2) is 18.1 Å². The van der Waals surface area contributed by atoms with Gasteiger partial charge in [-0.05, 0) is 46.0 Å². The lowest BCUT2D eigenvalue weighted by atomic mass is 10.2. The molecule has 0 radical (unpaired) electrons. The lowest BCUT2D eigenvalue weighted by Crippen LogP contribution is -2.48. The summed E-state index contributed by atoms with van der Waals surface area (Å²) in [6.07, 6.45) is 2.65. The van der Waals surface area contributed by atoms with Crippen molar-refractivity contribution in [2.45, 2.75) is 76.8 Å². The number of nitrogens with zero attached hydrogens (tertiary/aromatic N) is 3. The molecule has 0 spiro atoms. The van der Waals surface area contributed by atoms with Crippen molar-refractivity contribution in [3.05, 3.63) is 0 Å². The minimum absolute atomic E-state index is 0.00195. The van der Waals surface area contributed by atoms with Crippen LogP contribution >= 0.6 is 0 Å². The SMILES string of the molecule is CC(C)CS(=O)(=O)C1CC(C(=O)N(C#N)C2CC2)N(C(=O)OC(C)(C)C)C1. The highest BCUT2D eigenvalue weighted by molar-refractivity contribution is 7.92. The third-order valence-corrected chi connectivity index (χ3v) is 7.00. The Morgan fingerprint density at radius 3 is 2.33 bits per heavy atom. The number of likely N-dealkylation sites (tertiary alicyclic amines) is 1. The number of ether oxygens (including phenoxy) is 1. The summed E-state index contributed by atoms with van der Waals surface area (Å²) in [5.74, 6) is -0.583. The van der Waals surface area contributed by atoms with Crippen LogP contribution in [0, 0.1) is 17.4 Å². The van der Waals surface area contributed by atoms with Crippen molar-refractivity contribution in [2.75, 3.05) is 12.3 Å². The molecule has 8 nitrogen and oxygen atoms in total. The number of nitriles is 1. The smallest absolute Gasteiger partial charge is 0.411 e. The Labute approximate surface area is 161 Å². The fourth-order valence-electron chi connectivity index (χ4n) is 3.22. The van der Waals surface area contributed by atoms with E-state index in [-0.39, 0.29) is 30.7 Å². The topological polar surface area (TPSA) is 108 Å². The van der Waals surface area contributed by atoms with Gasteiger partial charge in [0.1, 0.15) is 11.6 Å². The third kappa shape index (κ3) is 5.34. The van der Waals surface area contributed by atoms with Gasteiger partial charge in [-0.15, -0.1) is 0 Å². The summed E-state index contributed by atoms with van der Waals surface area (Å²) >= 11 is 0. The highest BCUT2D eigenvalue weighted by Crippen LogP contribution is 2.32. The van der Waals surface area contributed by atoms with Crippen LogP contribution in [0.15, 0.2) is 0 Å². The van der Waals surface area contributed by atoms with Gasteiger partial charge in [-0.2, -0.15) is 5.26 Å². The van der Waals surface area contributed by atoms with Crippen molar-refractivity contribution in [3.63, 3.8) is 0 Å². The molecule has 0 aromatic rings. The first-order valence-corrected chi connectivity index (χ1v) is 11.0. The average molecular weight is 400 g/mol. The zero-order chi connectivity index (χ0) is 20.6. The number of hydrogen-bond donors (Lipinski definition) is 0. The number of sulfone groups is 1. The maximum Gasteiger partial charge on any atom is 0.411 e. The largest absolute Gasteiger partial charge is 0.444 e. The molecule has 1 saturated carbocycles. The van der Waals surface area contributed by atoms with Crippen LogP contribution in [-0.2, 0) is 19.4 Å². The Kier molecular flexibility index (Phi) is 6.10. The summed E-state index contributed by atoms with van der Waals surface area (Å²) in [6, 6.07) is -1.14. The summed E-state index contributed by atoms with van der Waals surface area (Å²) < 4.78 is 30.7. The number of hydrogen-bond acceptors (Lipinski definition) is 6. The van der Waals surface area contributed by atoms with Gasteiger partial charge in [-0.3, -0.25) is 9.69 Å². The summed E-state index contributed by atoms with van der Waals surface area (Å²) in [7, 11) is -3.48. The van der Waals surface area contributed by atoms with Crippen LogP contribution in [0.3, 0.4) is 0 Å². The molecule has 9 heteroatoms. The second-order valence-electron chi connectivity index (χ2n) is 8.77. The van der Waals surface area contributed by atoms with E-state index in [0.717, 1.165) is 17.7 Å². The molecular formula is C18H29N3O5S. The molecule has 152 valence electrons. The first-order valence-electron chi connectivity index (χ1n) is 9.29. The highest BCUT2D eigenvalue weighted by atomic mass is 32.2. The second-order valence-corrected chi connectivity index (χ2v) is 11.1. The molecule has 1 heterocycles. The van der Waals surface area contributed by atoms with Crippen LogP contribution in [0.1, 0.15) is 53.9 Å². The van der Waals surface area contributed by atoms with Crippen molar-refractivity contribution in [2.24, 2.45) is 5.92 Å². The van der Waals surface area contributed by atoms with Gasteiger partial charge in [0.15, 0.2) is 16.0 Å². The summed E-state index contributed by atoms with van der Waals surface area (Å²) in [5.41, 5.74) is -0.773. The fraction of sp³-hybridized carbons (Fsp3) is 0.833. The summed E-state index contributed by atoms with van der Waals surface area (Å²) in [5, 5.41) is 8.49. The van der Waals surface area contributed by atoms with Crippen LogP contribution in [0.25, 0.3) is 0 Å². The van der Waals surface area contributed by atoms with E-state index in [2.05, 4.69) is 0 Å². The van der Waals surface area contributed by atoms with Crippen molar-refractivity contribution >= 4 is 21.8 Å². The van der Waals surface area contributed by atoms with Crippen LogP contribution in [-0.4, -0.2) is 65.5 Å². The van der Waals surface area contributed by atoms with Crippen LogP contribution in [0.4, 0.5) is 4.79 Å². The van der Waals surface area contributed by atoms with E-state index in [9.17, 15) is 23.3 Å². The van der Waals surface area contributed by atoms with Crippen molar-refractivity contribution < 1.29 is 22.7 Å². The van der Waals surface area contributed by atoms with Crippen molar-refractivity contribution in [1.29, 1.82) is 5.26 Å². The molecule has 27 heavy (non-hydrogen) atoms. The maximum absolute atomic E-state index is 12.9. The first-order chi connectivity index (χ1) is 12.4. The monoisotopic (exact) mass is 399 g/mol. The first kappa shape index (κ1) is 21.5. The van der Waals surface area contributed by atoms with Gasteiger partial charge in [0, 0.05) is 12.6 Å². The van der Waals surface area contributed by atoms with Gasteiger partial charge < -0.3 is 4.74 Å². The summed E-state index contributed by atoms with van der Waals surface area (Å²) in [6.45, 7) is 8.64. The molecule has 1 saturated heterocycles. The Bertz CT molecular complexity index is 731. The average Bonchev–Trinajstić information content (AvgIpc) is 3.21. The van der Waals surface area contributed by atoms with Gasteiger partial charge in [0.25, 0.3) is 5.91 Å². The molecule has 0 aromatic carbocycles.